The third-order valence-electron chi connectivity index (χ3n) is 8.29. The predicted octanol–water partition coefficient (Wildman–Crippen LogP) is 6.31. The van der Waals surface area contributed by atoms with Crippen molar-refractivity contribution in [3.63, 3.8) is 0 Å². The number of carbonyl (C=O) groups excluding carboxylic acids is 2. The minimum atomic E-state index is -0.799. The Bertz CT molecular complexity index is 1610. The van der Waals surface area contributed by atoms with E-state index in [0.717, 1.165) is 27.0 Å². The number of benzene rings is 1. The molecule has 0 spiro atoms. The van der Waals surface area contributed by atoms with Crippen LogP contribution in [0.25, 0.3) is 0 Å². The summed E-state index contributed by atoms with van der Waals surface area (Å²) in [7, 11) is 0. The number of para-hydroxylation sites is 1. The molecule has 1 amide bonds. The van der Waals surface area contributed by atoms with Crippen LogP contribution in [0.4, 0.5) is 20.1 Å². The number of aromatic nitrogens is 2. The maximum absolute atomic E-state index is 15.0. The molecule has 3 aliphatic heterocycles. The summed E-state index contributed by atoms with van der Waals surface area (Å²) in [5, 5.41) is 9.23. The molecule has 4 aliphatic rings. The van der Waals surface area contributed by atoms with Gasteiger partial charge in [-0.1, -0.05) is 34.8 Å². The standard InChI is InChI=1S/C24H25FN4O3S.C8H11BrN2S/c1-24(2,23-26-13-20(33-23)29-7-9-32-10-8-29)28-22(31)15-12-19-16(11-17(15)25)21(30)14-5-3-4-6-18(14)27-19;9-8-10-6-7(12-8)11-4-2-1-3-5-11/h3-6,11-13,16,19,27H,7-10H2,1-2H3,(H,28,31);6H,1-5H2. The molecule has 2 unspecified atom stereocenters. The second-order valence-electron chi connectivity index (χ2n) is 11.9. The Labute approximate surface area is 278 Å². The van der Waals surface area contributed by atoms with Crippen LogP contribution in [0.2, 0.25) is 0 Å². The molecule has 0 saturated carbocycles. The highest BCUT2D eigenvalue weighted by molar-refractivity contribution is 9.11. The number of amides is 1. The summed E-state index contributed by atoms with van der Waals surface area (Å²) in [6.45, 7) is 9.05. The SMILES string of the molecule is Brc1ncc(N2CCCCC2)s1.CC(C)(NC(=O)C1=CC2Nc3ccccc3C(=O)C2C=C1F)c1ncc(N2CCOCC2)s1. The lowest BCUT2D eigenvalue weighted by atomic mass is 9.81. The average Bonchev–Trinajstić information content (AvgIpc) is 3.73. The molecule has 0 radical (unpaired) electrons. The van der Waals surface area contributed by atoms with Crippen LogP contribution < -0.4 is 20.4 Å². The van der Waals surface area contributed by atoms with Gasteiger partial charge < -0.3 is 25.2 Å². The van der Waals surface area contributed by atoms with E-state index in [1.807, 2.05) is 32.2 Å². The van der Waals surface area contributed by atoms with Crippen LogP contribution >= 0.6 is 38.6 Å². The van der Waals surface area contributed by atoms with Crippen LogP contribution in [0, 0.1) is 5.92 Å². The van der Waals surface area contributed by atoms with Gasteiger partial charge in [0.25, 0.3) is 5.91 Å². The molecular weight excluding hydrogens is 679 g/mol. The predicted molar refractivity (Wildman–Crippen MR) is 181 cm³/mol. The molecule has 2 atom stereocenters. The third kappa shape index (κ3) is 7.16. The van der Waals surface area contributed by atoms with Gasteiger partial charge in [-0.15, -0.1) is 0 Å². The number of Topliss-reactive ketones (excluding diaryl/α,β-unsaturated/α-hetero) is 1. The first-order chi connectivity index (χ1) is 21.7. The number of hydrogen-bond acceptors (Lipinski definition) is 10. The number of fused-ring (bicyclic) bond motifs is 2. The number of rotatable bonds is 5. The van der Waals surface area contributed by atoms with E-state index >= 15 is 0 Å². The molecule has 3 aromatic rings. The van der Waals surface area contributed by atoms with Crippen LogP contribution in [-0.2, 0) is 15.1 Å². The van der Waals surface area contributed by atoms with Gasteiger partial charge in [-0.2, -0.15) is 0 Å². The molecule has 13 heteroatoms. The number of thiazole rings is 2. The number of nitrogens with one attached hydrogen (secondary N) is 2. The Morgan fingerprint density at radius 3 is 2.44 bits per heavy atom. The second-order valence-corrected chi connectivity index (χ2v) is 15.2. The Morgan fingerprint density at radius 2 is 1.71 bits per heavy atom. The molecule has 45 heavy (non-hydrogen) atoms. The molecule has 1 aromatic carbocycles. The first-order valence-corrected chi connectivity index (χ1v) is 17.6. The highest BCUT2D eigenvalue weighted by atomic mass is 79.9. The van der Waals surface area contributed by atoms with Crippen LogP contribution in [0.15, 0.2) is 64.1 Å². The maximum Gasteiger partial charge on any atom is 0.254 e. The molecule has 238 valence electrons. The van der Waals surface area contributed by atoms with Gasteiger partial charge in [-0.05, 0) is 73.3 Å². The summed E-state index contributed by atoms with van der Waals surface area (Å²) in [6, 6.07) is 6.66. The van der Waals surface area contributed by atoms with E-state index in [1.165, 1.54) is 60.8 Å². The largest absolute Gasteiger partial charge is 0.378 e. The molecule has 2 saturated heterocycles. The summed E-state index contributed by atoms with van der Waals surface area (Å²) < 4.78 is 21.4. The molecular formula is C32H36BrFN6O3S2. The summed E-state index contributed by atoms with van der Waals surface area (Å²) in [4.78, 5) is 39.2. The summed E-state index contributed by atoms with van der Waals surface area (Å²) in [5.74, 6) is -2.06. The zero-order valence-corrected chi connectivity index (χ0v) is 28.4. The van der Waals surface area contributed by atoms with Gasteiger partial charge in [0.15, 0.2) is 9.70 Å². The van der Waals surface area contributed by atoms with Gasteiger partial charge in [-0.3, -0.25) is 9.59 Å². The Balaban J connectivity index is 0.000000248. The lowest BCUT2D eigenvalue weighted by Crippen LogP contribution is -2.44. The monoisotopic (exact) mass is 714 g/mol. The number of nitrogens with zero attached hydrogens (tertiary/aromatic N) is 4. The summed E-state index contributed by atoms with van der Waals surface area (Å²) >= 11 is 6.61. The first-order valence-electron chi connectivity index (χ1n) is 15.2. The molecule has 0 bridgehead atoms. The lowest BCUT2D eigenvalue weighted by molar-refractivity contribution is -0.119. The van der Waals surface area contributed by atoms with Gasteiger partial charge >= 0.3 is 0 Å². The Morgan fingerprint density at radius 1 is 1.02 bits per heavy atom. The number of ketones is 1. The van der Waals surface area contributed by atoms with Crippen molar-refractivity contribution in [3.05, 3.63) is 74.7 Å². The van der Waals surface area contributed by atoms with Crippen molar-refractivity contribution in [1.29, 1.82) is 0 Å². The van der Waals surface area contributed by atoms with Gasteiger partial charge in [0.05, 0.1) is 48.7 Å². The molecule has 5 heterocycles. The van der Waals surface area contributed by atoms with Crippen molar-refractivity contribution < 1.29 is 18.7 Å². The summed E-state index contributed by atoms with van der Waals surface area (Å²) in [6.07, 6.45) is 10.6. The quantitative estimate of drug-likeness (QED) is 0.317. The average molecular weight is 716 g/mol. The molecule has 9 nitrogen and oxygen atoms in total. The van der Waals surface area contributed by atoms with E-state index in [1.54, 1.807) is 29.7 Å². The fourth-order valence-electron chi connectivity index (χ4n) is 5.85. The highest BCUT2D eigenvalue weighted by Crippen LogP contribution is 2.36. The third-order valence-corrected chi connectivity index (χ3v) is 11.2. The van der Waals surface area contributed by atoms with Crippen molar-refractivity contribution in [2.75, 3.05) is 54.5 Å². The van der Waals surface area contributed by atoms with E-state index in [0.29, 0.717) is 24.5 Å². The molecule has 2 aromatic heterocycles. The van der Waals surface area contributed by atoms with Crippen LogP contribution in [0.1, 0.15) is 48.5 Å². The number of morpholine rings is 1. The smallest absolute Gasteiger partial charge is 0.254 e. The van der Waals surface area contributed by atoms with E-state index in [9.17, 15) is 14.0 Å². The number of hydrogen-bond donors (Lipinski definition) is 2. The van der Waals surface area contributed by atoms with Crippen LogP contribution in [-0.4, -0.2) is 67.1 Å². The zero-order chi connectivity index (χ0) is 31.6. The van der Waals surface area contributed by atoms with Crippen molar-refractivity contribution in [2.45, 2.75) is 44.7 Å². The van der Waals surface area contributed by atoms with Crippen molar-refractivity contribution in [2.24, 2.45) is 5.92 Å². The molecule has 7 rings (SSSR count). The van der Waals surface area contributed by atoms with Crippen LogP contribution in [0.5, 0.6) is 0 Å². The highest BCUT2D eigenvalue weighted by Gasteiger charge is 2.38. The fraction of sp³-hybridized carbons (Fsp3) is 0.438. The van der Waals surface area contributed by atoms with Crippen molar-refractivity contribution >= 4 is 66.0 Å². The Kier molecular flexibility index (Phi) is 9.69. The lowest BCUT2D eigenvalue weighted by Gasteiger charge is -2.33. The van der Waals surface area contributed by atoms with Crippen LogP contribution in [0.3, 0.4) is 0 Å². The summed E-state index contributed by atoms with van der Waals surface area (Å²) in [5.41, 5.74) is 0.348. The maximum atomic E-state index is 15.0. The van der Waals surface area contributed by atoms with E-state index in [2.05, 4.69) is 46.3 Å². The van der Waals surface area contributed by atoms with Gasteiger partial charge in [0.2, 0.25) is 0 Å². The first kappa shape index (κ1) is 31.8. The van der Waals surface area contributed by atoms with Gasteiger partial charge in [0, 0.05) is 37.4 Å². The number of carbonyl (C=O) groups is 2. The topological polar surface area (TPSA) is 99.7 Å². The fourth-order valence-corrected chi connectivity index (χ4v) is 8.17. The van der Waals surface area contributed by atoms with Crippen molar-refractivity contribution in [3.8, 4) is 0 Å². The normalized spacial score (nSPS) is 21.4. The molecule has 2 N–H and O–H groups in total. The number of piperidine rings is 1. The Hall–Kier alpha value is -3.13. The van der Waals surface area contributed by atoms with Crippen molar-refractivity contribution in [1.82, 2.24) is 15.3 Å². The van der Waals surface area contributed by atoms with E-state index in [4.69, 9.17) is 4.74 Å². The van der Waals surface area contributed by atoms with Gasteiger partial charge in [-0.25, -0.2) is 14.4 Å². The second kappa shape index (κ2) is 13.7. The number of anilines is 3. The van der Waals surface area contributed by atoms with Gasteiger partial charge in [0.1, 0.15) is 20.8 Å². The molecule has 1 aliphatic carbocycles. The number of halogens is 2. The molecule has 2 fully saturated rings. The number of ether oxygens (including phenoxy) is 1. The minimum Gasteiger partial charge on any atom is -0.378 e. The van der Waals surface area contributed by atoms with E-state index in [-0.39, 0.29) is 11.4 Å². The van der Waals surface area contributed by atoms with E-state index < -0.39 is 29.2 Å². The minimum absolute atomic E-state index is 0.0750. The zero-order valence-electron chi connectivity index (χ0n) is 25.2.